The number of pyridine rings is 2. The van der Waals surface area contributed by atoms with E-state index in [2.05, 4.69) is 20.0 Å². The van der Waals surface area contributed by atoms with Gasteiger partial charge in [0.1, 0.15) is 0 Å². The maximum Gasteiger partial charge on any atom is 0.215 e. The number of nitrogens with zero attached hydrogens (tertiary/aromatic N) is 2. The number of aromatic nitrogens is 2. The minimum atomic E-state index is -2.33. The third-order valence-corrected chi connectivity index (χ3v) is 3.55. The van der Waals surface area contributed by atoms with E-state index in [0.717, 1.165) is 16.8 Å². The zero-order valence-electron chi connectivity index (χ0n) is 12.1. The number of ether oxygens (including phenoxy) is 1. The van der Waals surface area contributed by atoms with Crippen LogP contribution in [0.25, 0.3) is 11.0 Å². The third-order valence-electron chi connectivity index (χ3n) is 3.15. The van der Waals surface area contributed by atoms with Crippen LogP contribution in [0.4, 0.5) is 17.1 Å². The monoisotopic (exact) mass is 329 g/mol. The van der Waals surface area contributed by atoms with E-state index in [9.17, 15) is 8.76 Å². The van der Waals surface area contributed by atoms with Crippen LogP contribution >= 0.6 is 0 Å². The summed E-state index contributed by atoms with van der Waals surface area (Å²) in [4.78, 5) is 8.52. The van der Waals surface area contributed by atoms with Crippen LogP contribution < -0.4 is 14.8 Å². The number of fused-ring (bicyclic) bond motifs is 1. The quantitative estimate of drug-likeness (QED) is 0.698. The van der Waals surface area contributed by atoms with Crippen molar-refractivity contribution >= 4 is 39.4 Å². The van der Waals surface area contributed by atoms with Gasteiger partial charge >= 0.3 is 0 Å². The molecule has 1 atom stereocenters. The highest BCUT2D eigenvalue weighted by molar-refractivity contribution is 7.80. The molecule has 2 N–H and O–H groups in total. The molecule has 0 bridgehead atoms. The van der Waals surface area contributed by atoms with Gasteiger partial charge in [0.25, 0.3) is 0 Å². The lowest BCUT2D eigenvalue weighted by molar-refractivity contribution is 0.399. The lowest BCUT2D eigenvalue weighted by atomic mass is 10.2. The van der Waals surface area contributed by atoms with Gasteiger partial charge in [-0.15, -0.1) is 0 Å². The molecule has 23 heavy (non-hydrogen) atoms. The molecule has 0 amide bonds. The van der Waals surface area contributed by atoms with Crippen LogP contribution in [0.15, 0.2) is 48.7 Å². The second-order valence-corrected chi connectivity index (χ2v) is 5.30. The standard InChI is InChI=1S/C15H14N4O3S/c1-22-14-7-6-12-13(8-9-16-15(12)18-14)17-10-2-4-11(5-3-10)19-23(20)21/h2-9,19H,1H3,(H,20,21)(H,16,17,18)/p-1. The van der Waals surface area contributed by atoms with E-state index in [1.54, 1.807) is 43.6 Å². The van der Waals surface area contributed by atoms with Crippen LogP contribution in [-0.2, 0) is 11.3 Å². The van der Waals surface area contributed by atoms with Crippen LogP contribution in [0.5, 0.6) is 5.88 Å². The highest BCUT2D eigenvalue weighted by atomic mass is 32.2. The number of methoxy groups -OCH3 is 1. The molecule has 0 fully saturated rings. The molecule has 0 saturated carbocycles. The minimum absolute atomic E-state index is 0.495. The van der Waals surface area contributed by atoms with E-state index in [1.807, 2.05) is 12.1 Å². The molecule has 3 aromatic rings. The fourth-order valence-corrected chi connectivity index (χ4v) is 2.44. The van der Waals surface area contributed by atoms with Crippen molar-refractivity contribution in [2.24, 2.45) is 0 Å². The van der Waals surface area contributed by atoms with Crippen LogP contribution in [0, 0.1) is 0 Å². The molecule has 2 aromatic heterocycles. The fraction of sp³-hybridized carbons (Fsp3) is 0.0667. The van der Waals surface area contributed by atoms with Gasteiger partial charge in [-0.2, -0.15) is 4.98 Å². The van der Waals surface area contributed by atoms with E-state index in [1.165, 1.54) is 0 Å². The first-order valence-corrected chi connectivity index (χ1v) is 7.76. The summed E-state index contributed by atoms with van der Waals surface area (Å²) >= 11 is -2.33. The van der Waals surface area contributed by atoms with Gasteiger partial charge in [0.05, 0.1) is 12.8 Å². The lowest BCUT2D eigenvalue weighted by Gasteiger charge is -2.12. The van der Waals surface area contributed by atoms with Crippen LogP contribution in [0.1, 0.15) is 0 Å². The van der Waals surface area contributed by atoms with E-state index in [4.69, 9.17) is 4.74 Å². The van der Waals surface area contributed by atoms with Crippen LogP contribution in [0.3, 0.4) is 0 Å². The van der Waals surface area contributed by atoms with Crippen LogP contribution in [0.2, 0.25) is 0 Å². The predicted molar refractivity (Wildman–Crippen MR) is 88.4 cm³/mol. The summed E-state index contributed by atoms with van der Waals surface area (Å²) in [6, 6.07) is 12.4. The first kappa shape index (κ1) is 15.2. The highest BCUT2D eigenvalue weighted by Crippen LogP contribution is 2.26. The second kappa shape index (κ2) is 6.59. The minimum Gasteiger partial charge on any atom is -0.755 e. The summed E-state index contributed by atoms with van der Waals surface area (Å²) in [7, 11) is 1.56. The molecule has 7 nitrogen and oxygen atoms in total. The van der Waals surface area contributed by atoms with Crippen LogP contribution in [-0.4, -0.2) is 25.8 Å². The van der Waals surface area contributed by atoms with Crippen molar-refractivity contribution in [1.82, 2.24) is 9.97 Å². The molecule has 1 aromatic carbocycles. The van der Waals surface area contributed by atoms with Crippen molar-refractivity contribution in [3.8, 4) is 5.88 Å². The van der Waals surface area contributed by atoms with Gasteiger partial charge in [0, 0.05) is 40.3 Å². The Hall–Kier alpha value is -2.71. The van der Waals surface area contributed by atoms with E-state index >= 15 is 0 Å². The van der Waals surface area contributed by atoms with Crippen molar-refractivity contribution in [2.75, 3.05) is 17.1 Å². The second-order valence-electron chi connectivity index (χ2n) is 4.62. The van der Waals surface area contributed by atoms with Crippen molar-refractivity contribution in [3.63, 3.8) is 0 Å². The Bertz CT molecular complexity index is 855. The summed E-state index contributed by atoms with van der Waals surface area (Å²) in [6.45, 7) is 0. The number of benzene rings is 1. The Morgan fingerprint density at radius 2 is 1.83 bits per heavy atom. The number of hydrogen-bond donors (Lipinski definition) is 2. The first-order valence-electron chi connectivity index (χ1n) is 6.68. The summed E-state index contributed by atoms with van der Waals surface area (Å²) in [6.07, 6.45) is 1.66. The smallest absolute Gasteiger partial charge is 0.215 e. The molecule has 0 spiro atoms. The van der Waals surface area contributed by atoms with Gasteiger partial charge in [-0.25, -0.2) is 4.98 Å². The Morgan fingerprint density at radius 1 is 1.09 bits per heavy atom. The van der Waals surface area contributed by atoms with Gasteiger partial charge in [-0.1, -0.05) is 0 Å². The molecule has 0 saturated heterocycles. The summed E-state index contributed by atoms with van der Waals surface area (Å²) in [5, 5.41) is 4.12. The van der Waals surface area contributed by atoms with Gasteiger partial charge in [0.15, 0.2) is 5.65 Å². The van der Waals surface area contributed by atoms with Gasteiger partial charge < -0.3 is 19.3 Å². The number of rotatable bonds is 5. The average molecular weight is 329 g/mol. The molecule has 1 unspecified atom stereocenters. The van der Waals surface area contributed by atoms with Crippen molar-refractivity contribution in [2.45, 2.75) is 0 Å². The maximum absolute atomic E-state index is 10.6. The Morgan fingerprint density at radius 3 is 2.52 bits per heavy atom. The summed E-state index contributed by atoms with van der Waals surface area (Å²) < 4.78 is 28.6. The highest BCUT2D eigenvalue weighted by Gasteiger charge is 2.05. The summed E-state index contributed by atoms with van der Waals surface area (Å²) in [5.74, 6) is 0.503. The molecule has 0 aliphatic rings. The summed E-state index contributed by atoms with van der Waals surface area (Å²) in [5.41, 5.74) is 2.73. The van der Waals surface area contributed by atoms with E-state index < -0.39 is 11.3 Å². The zero-order chi connectivity index (χ0) is 16.2. The Kier molecular flexibility index (Phi) is 4.35. The molecule has 118 valence electrons. The number of nitrogens with one attached hydrogen (secondary N) is 2. The lowest BCUT2D eigenvalue weighted by Crippen LogP contribution is -2.02. The third kappa shape index (κ3) is 3.55. The predicted octanol–water partition coefficient (Wildman–Crippen LogP) is 2.59. The molecular formula is C15H13N4O3S-. The maximum atomic E-state index is 10.6. The Balaban J connectivity index is 1.87. The van der Waals surface area contributed by atoms with Crippen molar-refractivity contribution < 1.29 is 13.5 Å². The number of anilines is 3. The molecule has 2 heterocycles. The van der Waals surface area contributed by atoms with Gasteiger partial charge in [-0.3, -0.25) is 4.21 Å². The van der Waals surface area contributed by atoms with Crippen molar-refractivity contribution in [3.05, 3.63) is 48.7 Å². The largest absolute Gasteiger partial charge is 0.755 e. The van der Waals surface area contributed by atoms with E-state index in [0.29, 0.717) is 17.2 Å². The zero-order valence-corrected chi connectivity index (χ0v) is 13.0. The molecular weight excluding hydrogens is 316 g/mol. The fourth-order valence-electron chi connectivity index (χ4n) is 2.11. The molecule has 3 rings (SSSR count). The number of hydrogen-bond acceptors (Lipinski definition) is 6. The van der Waals surface area contributed by atoms with Gasteiger partial charge in [-0.05, 0) is 36.4 Å². The molecule has 0 aliphatic carbocycles. The SMILES string of the molecule is COc1ccc2c(Nc3ccc(NS(=O)[O-])cc3)ccnc2n1. The van der Waals surface area contributed by atoms with Crippen molar-refractivity contribution in [1.29, 1.82) is 0 Å². The normalized spacial score (nSPS) is 11.9. The first-order chi connectivity index (χ1) is 11.2. The van der Waals surface area contributed by atoms with Gasteiger partial charge in [0.2, 0.25) is 5.88 Å². The molecule has 0 aliphatic heterocycles. The Labute approximate surface area is 135 Å². The van der Waals surface area contributed by atoms with E-state index in [-0.39, 0.29) is 0 Å². The molecule has 0 radical (unpaired) electrons. The topological polar surface area (TPSA) is 99.2 Å². The molecule has 8 heteroatoms. The average Bonchev–Trinajstić information content (AvgIpc) is 2.56.